The molecule has 3 heteroatoms. The van der Waals surface area contributed by atoms with Crippen molar-refractivity contribution in [1.82, 2.24) is 5.32 Å². The number of nitrogens with one attached hydrogen (secondary N) is 1. The van der Waals surface area contributed by atoms with E-state index < -0.39 is 0 Å². The van der Waals surface area contributed by atoms with Gasteiger partial charge in [0.25, 0.3) is 0 Å². The molecule has 0 amide bonds. The number of hydrogen-bond donors (Lipinski definition) is 1. The lowest BCUT2D eigenvalue weighted by Crippen LogP contribution is -2.26. The van der Waals surface area contributed by atoms with Crippen LogP contribution in [0.1, 0.15) is 26.3 Å². The number of hydrogen-bond acceptors (Lipinski definition) is 1. The predicted molar refractivity (Wildman–Crippen MR) is 74.7 cm³/mol. The maximum atomic E-state index is 13.4. The van der Waals surface area contributed by atoms with Crippen LogP contribution in [0.3, 0.4) is 0 Å². The maximum absolute atomic E-state index is 13.4. The van der Waals surface area contributed by atoms with Crippen LogP contribution in [0, 0.1) is 17.7 Å². The summed E-state index contributed by atoms with van der Waals surface area (Å²) in [4.78, 5) is 0. The van der Waals surface area contributed by atoms with Gasteiger partial charge in [0.1, 0.15) is 5.82 Å². The largest absolute Gasteiger partial charge is 0.317 e. The normalized spacial score (nSPS) is 14.6. The molecule has 0 spiro atoms. The van der Waals surface area contributed by atoms with E-state index in [-0.39, 0.29) is 5.82 Å². The van der Waals surface area contributed by atoms with E-state index >= 15 is 0 Å². The number of rotatable bonds is 6. The Morgan fingerprint density at radius 3 is 2.65 bits per heavy atom. The molecule has 1 aromatic rings. The first kappa shape index (κ1) is 14.7. The van der Waals surface area contributed by atoms with E-state index in [0.717, 1.165) is 25.1 Å². The molecule has 17 heavy (non-hydrogen) atoms. The Labute approximate surface area is 112 Å². The Morgan fingerprint density at radius 1 is 1.29 bits per heavy atom. The van der Waals surface area contributed by atoms with Gasteiger partial charge in [-0.1, -0.05) is 32.9 Å². The van der Waals surface area contributed by atoms with Gasteiger partial charge in [-0.2, -0.15) is 0 Å². The molecule has 0 aliphatic rings. The minimum Gasteiger partial charge on any atom is -0.317 e. The van der Waals surface area contributed by atoms with Crippen molar-refractivity contribution in [2.75, 3.05) is 13.1 Å². The van der Waals surface area contributed by atoms with Crippen molar-refractivity contribution in [2.45, 2.75) is 27.2 Å². The summed E-state index contributed by atoms with van der Waals surface area (Å²) in [5, 5.41) is 3.35. The highest BCUT2D eigenvalue weighted by Crippen LogP contribution is 2.25. The lowest BCUT2D eigenvalue weighted by atomic mass is 9.89. The van der Waals surface area contributed by atoms with Gasteiger partial charge in [0.05, 0.1) is 4.47 Å². The summed E-state index contributed by atoms with van der Waals surface area (Å²) in [6.45, 7) is 8.59. The van der Waals surface area contributed by atoms with Gasteiger partial charge in [-0.25, -0.2) is 4.39 Å². The van der Waals surface area contributed by atoms with E-state index in [2.05, 4.69) is 42.0 Å². The first-order chi connectivity index (χ1) is 8.06. The quantitative estimate of drug-likeness (QED) is 0.837. The molecular formula is C14H21BrFN. The highest BCUT2D eigenvalue weighted by Gasteiger charge is 2.14. The van der Waals surface area contributed by atoms with Gasteiger partial charge in [0.2, 0.25) is 0 Å². The maximum Gasteiger partial charge on any atom is 0.137 e. The van der Waals surface area contributed by atoms with Gasteiger partial charge in [-0.3, -0.25) is 0 Å². The van der Waals surface area contributed by atoms with Crippen LogP contribution in [0.2, 0.25) is 0 Å². The SMILES string of the molecule is CCNCC(C)C(C)Cc1cccc(F)c1Br. The zero-order chi connectivity index (χ0) is 12.8. The molecule has 2 atom stereocenters. The smallest absolute Gasteiger partial charge is 0.137 e. The van der Waals surface area contributed by atoms with Crippen LogP contribution < -0.4 is 5.32 Å². The van der Waals surface area contributed by atoms with Gasteiger partial charge in [0.15, 0.2) is 0 Å². The minimum absolute atomic E-state index is 0.172. The highest BCUT2D eigenvalue weighted by molar-refractivity contribution is 9.10. The van der Waals surface area contributed by atoms with Crippen molar-refractivity contribution in [3.05, 3.63) is 34.1 Å². The average Bonchev–Trinajstić information content (AvgIpc) is 2.31. The van der Waals surface area contributed by atoms with Gasteiger partial charge >= 0.3 is 0 Å². The van der Waals surface area contributed by atoms with E-state index in [9.17, 15) is 4.39 Å². The second-order valence-corrected chi connectivity index (χ2v) is 5.47. The second kappa shape index (κ2) is 7.12. The van der Waals surface area contributed by atoms with Crippen molar-refractivity contribution in [3.8, 4) is 0 Å². The van der Waals surface area contributed by atoms with E-state index in [1.165, 1.54) is 6.07 Å². The monoisotopic (exact) mass is 301 g/mol. The van der Waals surface area contributed by atoms with Gasteiger partial charge in [0, 0.05) is 0 Å². The fourth-order valence-corrected chi connectivity index (χ4v) is 2.25. The Morgan fingerprint density at radius 2 is 2.00 bits per heavy atom. The Balaban J connectivity index is 2.61. The van der Waals surface area contributed by atoms with Crippen LogP contribution in [0.25, 0.3) is 0 Å². The fourth-order valence-electron chi connectivity index (χ4n) is 1.83. The summed E-state index contributed by atoms with van der Waals surface area (Å²) < 4.78 is 14.0. The van der Waals surface area contributed by atoms with E-state index in [4.69, 9.17) is 0 Å². The molecule has 0 bridgehead atoms. The third-order valence-corrected chi connectivity index (χ3v) is 4.15. The lowest BCUT2D eigenvalue weighted by molar-refractivity contribution is 0.367. The topological polar surface area (TPSA) is 12.0 Å². The molecule has 0 saturated carbocycles. The lowest BCUT2D eigenvalue weighted by Gasteiger charge is -2.20. The molecule has 0 aliphatic carbocycles. The summed E-state index contributed by atoms with van der Waals surface area (Å²) in [7, 11) is 0. The van der Waals surface area contributed by atoms with Crippen LogP contribution >= 0.6 is 15.9 Å². The molecule has 0 heterocycles. The molecule has 1 aromatic carbocycles. The van der Waals surface area contributed by atoms with Gasteiger partial charge in [-0.05, 0) is 58.9 Å². The number of benzene rings is 1. The fraction of sp³-hybridized carbons (Fsp3) is 0.571. The second-order valence-electron chi connectivity index (χ2n) is 4.68. The Hall–Kier alpha value is -0.410. The Kier molecular flexibility index (Phi) is 6.14. The van der Waals surface area contributed by atoms with Crippen molar-refractivity contribution in [1.29, 1.82) is 0 Å². The van der Waals surface area contributed by atoms with Crippen LogP contribution in [-0.4, -0.2) is 13.1 Å². The molecule has 1 nitrogen and oxygen atoms in total. The first-order valence-electron chi connectivity index (χ1n) is 6.19. The molecule has 2 unspecified atom stereocenters. The zero-order valence-corrected chi connectivity index (χ0v) is 12.3. The summed E-state index contributed by atoms with van der Waals surface area (Å²) in [6, 6.07) is 5.25. The molecule has 1 N–H and O–H groups in total. The molecule has 0 saturated heterocycles. The van der Waals surface area contributed by atoms with Gasteiger partial charge in [-0.15, -0.1) is 0 Å². The average molecular weight is 302 g/mol. The molecule has 0 fully saturated rings. The predicted octanol–water partition coefficient (Wildman–Crippen LogP) is 4.01. The molecule has 0 aliphatic heterocycles. The molecular weight excluding hydrogens is 281 g/mol. The molecule has 96 valence electrons. The van der Waals surface area contributed by atoms with E-state index in [1.807, 2.05) is 6.07 Å². The third-order valence-electron chi connectivity index (χ3n) is 3.26. The van der Waals surface area contributed by atoms with Crippen LogP contribution in [-0.2, 0) is 6.42 Å². The highest BCUT2D eigenvalue weighted by atomic mass is 79.9. The summed E-state index contributed by atoms with van der Waals surface area (Å²) in [6.07, 6.45) is 0.908. The van der Waals surface area contributed by atoms with Crippen LogP contribution in [0.15, 0.2) is 22.7 Å². The summed E-state index contributed by atoms with van der Waals surface area (Å²) >= 11 is 3.32. The van der Waals surface area contributed by atoms with Gasteiger partial charge < -0.3 is 5.32 Å². The van der Waals surface area contributed by atoms with Crippen LogP contribution in [0.5, 0.6) is 0 Å². The van der Waals surface area contributed by atoms with Crippen molar-refractivity contribution in [3.63, 3.8) is 0 Å². The summed E-state index contributed by atoms with van der Waals surface area (Å²) in [5.41, 5.74) is 1.06. The van der Waals surface area contributed by atoms with Crippen molar-refractivity contribution in [2.24, 2.45) is 11.8 Å². The summed E-state index contributed by atoms with van der Waals surface area (Å²) in [5.74, 6) is 0.950. The zero-order valence-electron chi connectivity index (χ0n) is 10.8. The van der Waals surface area contributed by atoms with E-state index in [1.54, 1.807) is 6.07 Å². The van der Waals surface area contributed by atoms with E-state index in [0.29, 0.717) is 16.3 Å². The van der Waals surface area contributed by atoms with Crippen molar-refractivity contribution < 1.29 is 4.39 Å². The molecule has 0 aromatic heterocycles. The first-order valence-corrected chi connectivity index (χ1v) is 6.99. The van der Waals surface area contributed by atoms with Crippen LogP contribution in [0.4, 0.5) is 4.39 Å². The standard InChI is InChI=1S/C14H21BrFN/c1-4-17-9-11(3)10(2)8-12-6-5-7-13(16)14(12)15/h5-7,10-11,17H,4,8-9H2,1-3H3. The minimum atomic E-state index is -0.172. The Bertz CT molecular complexity index is 354. The molecule has 1 rings (SSSR count). The van der Waals surface area contributed by atoms with Crippen molar-refractivity contribution >= 4 is 15.9 Å². The molecule has 0 radical (unpaired) electrons. The number of halogens is 2. The third kappa shape index (κ3) is 4.40.